The standard InChI is InChI=1S/C11H18O3/c1-10(2)7-4-5-11(10,9(12)13)8(6-7)14-3/h7-8H,4-6H2,1-3H3,(H,12,13). The minimum atomic E-state index is -0.672. The fourth-order valence-corrected chi connectivity index (χ4v) is 3.71. The lowest BCUT2D eigenvalue weighted by Gasteiger charge is -2.37. The summed E-state index contributed by atoms with van der Waals surface area (Å²) in [6, 6.07) is 0. The minimum absolute atomic E-state index is 0.0891. The highest BCUT2D eigenvalue weighted by Gasteiger charge is 2.68. The Labute approximate surface area is 84.4 Å². The first-order chi connectivity index (χ1) is 6.46. The molecule has 0 spiro atoms. The van der Waals surface area contributed by atoms with Crippen LogP contribution in [0.5, 0.6) is 0 Å². The predicted molar refractivity (Wildman–Crippen MR) is 52.0 cm³/mol. The second-order valence-corrected chi connectivity index (χ2v) is 5.19. The molecule has 3 atom stereocenters. The van der Waals surface area contributed by atoms with E-state index in [0.717, 1.165) is 19.3 Å². The van der Waals surface area contributed by atoms with E-state index in [1.165, 1.54) is 0 Å². The molecule has 0 aromatic rings. The van der Waals surface area contributed by atoms with E-state index in [9.17, 15) is 9.90 Å². The van der Waals surface area contributed by atoms with E-state index in [1.54, 1.807) is 7.11 Å². The lowest BCUT2D eigenvalue weighted by atomic mass is 9.68. The van der Waals surface area contributed by atoms with Gasteiger partial charge < -0.3 is 9.84 Å². The van der Waals surface area contributed by atoms with Gasteiger partial charge in [0, 0.05) is 7.11 Å². The van der Waals surface area contributed by atoms with Crippen LogP contribution in [-0.2, 0) is 9.53 Å². The maximum Gasteiger partial charge on any atom is 0.312 e. The van der Waals surface area contributed by atoms with Crippen LogP contribution in [0, 0.1) is 16.7 Å². The van der Waals surface area contributed by atoms with Gasteiger partial charge in [-0.05, 0) is 30.6 Å². The van der Waals surface area contributed by atoms with Gasteiger partial charge in [0.15, 0.2) is 0 Å². The van der Waals surface area contributed by atoms with Crippen LogP contribution in [0.15, 0.2) is 0 Å². The molecule has 0 radical (unpaired) electrons. The van der Waals surface area contributed by atoms with Crippen LogP contribution in [0.2, 0.25) is 0 Å². The first kappa shape index (κ1) is 9.97. The summed E-state index contributed by atoms with van der Waals surface area (Å²) < 4.78 is 5.36. The second kappa shape index (κ2) is 2.72. The van der Waals surface area contributed by atoms with Crippen LogP contribution < -0.4 is 0 Å². The van der Waals surface area contributed by atoms with Crippen LogP contribution >= 0.6 is 0 Å². The highest BCUT2D eigenvalue weighted by Crippen LogP contribution is 2.66. The number of carboxylic acid groups (broad SMARTS) is 1. The van der Waals surface area contributed by atoms with Crippen molar-refractivity contribution in [3.05, 3.63) is 0 Å². The van der Waals surface area contributed by atoms with Gasteiger partial charge in [0.25, 0.3) is 0 Å². The summed E-state index contributed by atoms with van der Waals surface area (Å²) >= 11 is 0. The highest BCUT2D eigenvalue weighted by atomic mass is 16.5. The molecule has 2 aliphatic rings. The number of aliphatic carboxylic acids is 1. The van der Waals surface area contributed by atoms with Gasteiger partial charge in [-0.15, -0.1) is 0 Å². The number of ether oxygens (including phenoxy) is 1. The third-order valence-electron chi connectivity index (χ3n) is 4.77. The molecule has 2 fully saturated rings. The van der Waals surface area contributed by atoms with Crippen molar-refractivity contribution < 1.29 is 14.6 Å². The van der Waals surface area contributed by atoms with Gasteiger partial charge >= 0.3 is 5.97 Å². The van der Waals surface area contributed by atoms with E-state index in [0.29, 0.717) is 5.92 Å². The van der Waals surface area contributed by atoms with E-state index in [2.05, 4.69) is 13.8 Å². The number of methoxy groups -OCH3 is 1. The summed E-state index contributed by atoms with van der Waals surface area (Å²) in [5, 5.41) is 9.45. The van der Waals surface area contributed by atoms with Crippen molar-refractivity contribution in [2.45, 2.75) is 39.2 Å². The Morgan fingerprint density at radius 1 is 1.50 bits per heavy atom. The Kier molecular flexibility index (Phi) is 1.94. The lowest BCUT2D eigenvalue weighted by Crippen LogP contribution is -2.46. The highest BCUT2D eigenvalue weighted by molar-refractivity contribution is 5.78. The van der Waals surface area contributed by atoms with Gasteiger partial charge in [-0.25, -0.2) is 0 Å². The molecular weight excluding hydrogens is 180 g/mol. The first-order valence-corrected chi connectivity index (χ1v) is 5.23. The fraction of sp³-hybridized carbons (Fsp3) is 0.909. The molecule has 0 aliphatic heterocycles. The summed E-state index contributed by atoms with van der Waals surface area (Å²) in [5.41, 5.74) is -0.744. The predicted octanol–water partition coefficient (Wildman–Crippen LogP) is 1.91. The number of fused-ring (bicyclic) bond motifs is 2. The smallest absolute Gasteiger partial charge is 0.312 e. The number of carboxylic acids is 1. The average molecular weight is 198 g/mol. The van der Waals surface area contributed by atoms with E-state index in [1.807, 2.05) is 0 Å². The lowest BCUT2D eigenvalue weighted by molar-refractivity contribution is -0.163. The largest absolute Gasteiger partial charge is 0.481 e. The number of hydrogen-bond acceptors (Lipinski definition) is 2. The average Bonchev–Trinajstić information content (AvgIpc) is 2.51. The van der Waals surface area contributed by atoms with Gasteiger partial charge in [0.05, 0.1) is 11.5 Å². The first-order valence-electron chi connectivity index (χ1n) is 5.23. The molecule has 14 heavy (non-hydrogen) atoms. The summed E-state index contributed by atoms with van der Waals surface area (Å²) in [6.45, 7) is 4.16. The molecule has 3 nitrogen and oxygen atoms in total. The maximum absolute atomic E-state index is 11.5. The number of carbonyl (C=O) groups is 1. The monoisotopic (exact) mass is 198 g/mol. The summed E-state index contributed by atoms with van der Waals surface area (Å²) in [5.74, 6) is -0.155. The molecule has 0 saturated heterocycles. The maximum atomic E-state index is 11.5. The van der Waals surface area contributed by atoms with Crippen molar-refractivity contribution in [2.75, 3.05) is 7.11 Å². The van der Waals surface area contributed by atoms with Crippen molar-refractivity contribution in [1.29, 1.82) is 0 Å². The van der Waals surface area contributed by atoms with E-state index >= 15 is 0 Å². The zero-order chi connectivity index (χ0) is 10.6. The zero-order valence-electron chi connectivity index (χ0n) is 9.04. The quantitative estimate of drug-likeness (QED) is 0.737. The van der Waals surface area contributed by atoms with Crippen LogP contribution in [-0.4, -0.2) is 24.3 Å². The molecule has 2 aliphatic carbocycles. The third-order valence-corrected chi connectivity index (χ3v) is 4.77. The molecule has 2 bridgehead atoms. The van der Waals surface area contributed by atoms with Crippen LogP contribution in [0.25, 0.3) is 0 Å². The van der Waals surface area contributed by atoms with Crippen molar-refractivity contribution >= 4 is 5.97 Å². The molecule has 2 rings (SSSR count). The van der Waals surface area contributed by atoms with Gasteiger partial charge in [0.2, 0.25) is 0 Å². The number of hydrogen-bond donors (Lipinski definition) is 1. The molecular formula is C11H18O3. The Morgan fingerprint density at radius 3 is 2.50 bits per heavy atom. The molecule has 0 amide bonds. The number of rotatable bonds is 2. The van der Waals surface area contributed by atoms with Crippen molar-refractivity contribution in [2.24, 2.45) is 16.7 Å². The molecule has 80 valence electrons. The topological polar surface area (TPSA) is 46.5 Å². The molecule has 0 heterocycles. The van der Waals surface area contributed by atoms with Crippen LogP contribution in [0.3, 0.4) is 0 Å². The van der Waals surface area contributed by atoms with E-state index < -0.39 is 11.4 Å². The van der Waals surface area contributed by atoms with Gasteiger partial charge in [0.1, 0.15) is 0 Å². The Balaban J connectivity index is 2.46. The Hall–Kier alpha value is -0.570. The second-order valence-electron chi connectivity index (χ2n) is 5.19. The zero-order valence-corrected chi connectivity index (χ0v) is 9.04. The van der Waals surface area contributed by atoms with Gasteiger partial charge in [-0.1, -0.05) is 13.8 Å². The summed E-state index contributed by atoms with van der Waals surface area (Å²) in [6.07, 6.45) is 2.64. The Bertz CT molecular complexity index is 272. The summed E-state index contributed by atoms with van der Waals surface area (Å²) in [4.78, 5) is 11.5. The molecule has 3 unspecified atom stereocenters. The van der Waals surface area contributed by atoms with Crippen molar-refractivity contribution in [1.82, 2.24) is 0 Å². The molecule has 0 aromatic heterocycles. The Morgan fingerprint density at radius 2 is 2.14 bits per heavy atom. The van der Waals surface area contributed by atoms with E-state index in [-0.39, 0.29) is 11.5 Å². The normalized spacial score (nSPS) is 44.2. The van der Waals surface area contributed by atoms with Gasteiger partial charge in [-0.3, -0.25) is 4.79 Å². The third kappa shape index (κ3) is 0.842. The minimum Gasteiger partial charge on any atom is -0.481 e. The fourth-order valence-electron chi connectivity index (χ4n) is 3.71. The van der Waals surface area contributed by atoms with E-state index in [4.69, 9.17) is 4.74 Å². The van der Waals surface area contributed by atoms with Crippen LogP contribution in [0.4, 0.5) is 0 Å². The molecule has 0 aromatic carbocycles. The molecule has 1 N–H and O–H groups in total. The molecule has 3 heteroatoms. The SMILES string of the molecule is COC1CC2CCC1(C(=O)O)C2(C)C. The van der Waals surface area contributed by atoms with Gasteiger partial charge in [-0.2, -0.15) is 0 Å². The van der Waals surface area contributed by atoms with Crippen molar-refractivity contribution in [3.8, 4) is 0 Å². The summed E-state index contributed by atoms with van der Waals surface area (Å²) in [7, 11) is 1.63. The van der Waals surface area contributed by atoms with Crippen molar-refractivity contribution in [3.63, 3.8) is 0 Å². The van der Waals surface area contributed by atoms with Crippen LogP contribution in [0.1, 0.15) is 33.1 Å². The molecule has 2 saturated carbocycles.